The summed E-state index contributed by atoms with van der Waals surface area (Å²) in [5.41, 5.74) is -0.620. The van der Waals surface area contributed by atoms with Crippen molar-refractivity contribution in [2.45, 2.75) is 37.1 Å². The number of aliphatic hydroxyl groups excluding tert-OH is 2. The van der Waals surface area contributed by atoms with Crippen molar-refractivity contribution in [1.29, 1.82) is 0 Å². The molecule has 0 aromatic carbocycles. The van der Waals surface area contributed by atoms with Crippen LogP contribution in [0.1, 0.15) is 19.3 Å². The lowest BCUT2D eigenvalue weighted by Crippen LogP contribution is -2.60. The van der Waals surface area contributed by atoms with Crippen molar-refractivity contribution >= 4 is 5.82 Å². The second-order valence-electron chi connectivity index (χ2n) is 5.62. The number of anilines is 1. The van der Waals surface area contributed by atoms with Gasteiger partial charge in [-0.15, -0.1) is 0 Å². The molecule has 2 fully saturated rings. The number of aliphatic hydroxyl groups is 2. The van der Waals surface area contributed by atoms with E-state index in [1.54, 1.807) is 13.2 Å². The smallest absolute Gasteiger partial charge is 0.218 e. The molecule has 1 aromatic heterocycles. The lowest BCUT2D eigenvalue weighted by molar-refractivity contribution is -0.205. The Labute approximate surface area is 123 Å². The van der Waals surface area contributed by atoms with Crippen LogP contribution >= 0.6 is 0 Å². The molecule has 2 aliphatic heterocycles. The Morgan fingerprint density at radius 2 is 2.10 bits per heavy atom. The zero-order valence-corrected chi connectivity index (χ0v) is 12.1. The number of piperidine rings is 1. The van der Waals surface area contributed by atoms with Crippen molar-refractivity contribution < 1.29 is 19.7 Å². The van der Waals surface area contributed by atoms with Crippen LogP contribution in [0.2, 0.25) is 0 Å². The van der Waals surface area contributed by atoms with E-state index in [0.29, 0.717) is 44.8 Å². The largest absolute Gasteiger partial charge is 0.481 e. The Balaban J connectivity index is 1.69. The fourth-order valence-electron chi connectivity index (χ4n) is 3.15. The molecule has 0 amide bonds. The van der Waals surface area contributed by atoms with Crippen LogP contribution in [0.5, 0.6) is 5.88 Å². The highest BCUT2D eigenvalue weighted by Crippen LogP contribution is 2.36. The van der Waals surface area contributed by atoms with Gasteiger partial charge in [-0.25, -0.2) is 9.97 Å². The van der Waals surface area contributed by atoms with Gasteiger partial charge in [-0.1, -0.05) is 0 Å². The lowest BCUT2D eigenvalue weighted by atomic mass is 9.80. The molecule has 7 nitrogen and oxygen atoms in total. The normalized spacial score (nSPS) is 28.6. The minimum Gasteiger partial charge on any atom is -0.481 e. The quantitative estimate of drug-likeness (QED) is 0.792. The Morgan fingerprint density at radius 3 is 2.81 bits per heavy atom. The first-order chi connectivity index (χ1) is 10.1. The van der Waals surface area contributed by atoms with E-state index in [2.05, 4.69) is 14.9 Å². The Kier molecular flexibility index (Phi) is 3.97. The summed E-state index contributed by atoms with van der Waals surface area (Å²) in [6.45, 7) is 1.92. The van der Waals surface area contributed by atoms with Crippen molar-refractivity contribution in [2.24, 2.45) is 0 Å². The minimum absolute atomic E-state index is 0.496. The number of nitrogens with zero attached hydrogens (tertiary/aromatic N) is 3. The number of rotatable bonds is 2. The van der Waals surface area contributed by atoms with Crippen molar-refractivity contribution in [2.75, 3.05) is 31.7 Å². The van der Waals surface area contributed by atoms with Crippen LogP contribution in [-0.4, -0.2) is 64.8 Å². The maximum Gasteiger partial charge on any atom is 0.218 e. The molecule has 0 bridgehead atoms. The van der Waals surface area contributed by atoms with Gasteiger partial charge in [0, 0.05) is 19.2 Å². The maximum atomic E-state index is 10.3. The van der Waals surface area contributed by atoms with Gasteiger partial charge in [0.1, 0.15) is 18.2 Å². The van der Waals surface area contributed by atoms with Gasteiger partial charge >= 0.3 is 0 Å². The average molecular weight is 295 g/mol. The first-order valence-corrected chi connectivity index (χ1v) is 7.26. The lowest BCUT2D eigenvalue weighted by Gasteiger charge is -2.48. The van der Waals surface area contributed by atoms with E-state index in [-0.39, 0.29) is 0 Å². The highest BCUT2D eigenvalue weighted by atomic mass is 16.5. The van der Waals surface area contributed by atoms with Crippen LogP contribution in [-0.2, 0) is 4.74 Å². The predicted molar refractivity (Wildman–Crippen MR) is 75.3 cm³/mol. The third-order valence-electron chi connectivity index (χ3n) is 4.48. The van der Waals surface area contributed by atoms with Gasteiger partial charge in [-0.05, 0) is 19.3 Å². The number of aromatic nitrogens is 2. The monoisotopic (exact) mass is 295 g/mol. The molecule has 3 rings (SSSR count). The molecule has 0 aliphatic carbocycles. The fraction of sp³-hybridized carbons (Fsp3) is 0.714. The van der Waals surface area contributed by atoms with E-state index in [4.69, 9.17) is 9.47 Å². The molecular weight excluding hydrogens is 274 g/mol. The third kappa shape index (κ3) is 2.68. The molecule has 2 atom stereocenters. The molecule has 7 heteroatoms. The summed E-state index contributed by atoms with van der Waals surface area (Å²) in [4.78, 5) is 10.4. The number of hydrogen-bond donors (Lipinski definition) is 2. The molecule has 0 unspecified atom stereocenters. The van der Waals surface area contributed by atoms with Gasteiger partial charge in [0.05, 0.1) is 25.4 Å². The molecule has 21 heavy (non-hydrogen) atoms. The summed E-state index contributed by atoms with van der Waals surface area (Å²) in [7, 11) is 1.57. The Bertz CT molecular complexity index is 491. The first-order valence-electron chi connectivity index (χ1n) is 7.26. The van der Waals surface area contributed by atoms with Gasteiger partial charge < -0.3 is 24.6 Å². The molecule has 1 aromatic rings. The second-order valence-corrected chi connectivity index (χ2v) is 5.62. The molecule has 2 aliphatic rings. The van der Waals surface area contributed by atoms with Gasteiger partial charge in [-0.2, -0.15) is 0 Å². The molecule has 1 spiro atoms. The second kappa shape index (κ2) is 5.75. The number of ether oxygens (including phenoxy) is 2. The molecule has 0 radical (unpaired) electrons. The highest BCUT2D eigenvalue weighted by molar-refractivity contribution is 5.41. The number of methoxy groups -OCH3 is 1. The Morgan fingerprint density at radius 1 is 1.33 bits per heavy atom. The van der Waals surface area contributed by atoms with Crippen LogP contribution in [0.4, 0.5) is 5.82 Å². The summed E-state index contributed by atoms with van der Waals surface area (Å²) in [6, 6.07) is 1.80. The van der Waals surface area contributed by atoms with E-state index in [1.165, 1.54) is 6.33 Å². The summed E-state index contributed by atoms with van der Waals surface area (Å²) >= 11 is 0. The van der Waals surface area contributed by atoms with Gasteiger partial charge in [-0.3, -0.25) is 0 Å². The van der Waals surface area contributed by atoms with Crippen LogP contribution in [0, 0.1) is 0 Å². The van der Waals surface area contributed by atoms with Gasteiger partial charge in [0.25, 0.3) is 0 Å². The molecule has 3 heterocycles. The molecule has 116 valence electrons. The van der Waals surface area contributed by atoms with Crippen LogP contribution in [0.3, 0.4) is 0 Å². The van der Waals surface area contributed by atoms with E-state index in [9.17, 15) is 10.2 Å². The first kappa shape index (κ1) is 14.5. The third-order valence-corrected chi connectivity index (χ3v) is 4.48. The van der Waals surface area contributed by atoms with E-state index in [0.717, 1.165) is 5.82 Å². The standard InChI is InChI=1S/C14H21N3O4/c1-20-12-8-11(15-9-16-12)17-5-3-14(4-6-17)13(19)10(18)2-7-21-14/h8-10,13,18-19H,2-7H2,1H3/t10-,13-/m0/s1. The zero-order valence-electron chi connectivity index (χ0n) is 12.1. The van der Waals surface area contributed by atoms with E-state index >= 15 is 0 Å². The summed E-state index contributed by atoms with van der Waals surface area (Å²) in [5.74, 6) is 1.34. The summed E-state index contributed by atoms with van der Waals surface area (Å²) < 4.78 is 10.9. The summed E-state index contributed by atoms with van der Waals surface area (Å²) in [6.07, 6.45) is 1.80. The topological polar surface area (TPSA) is 87.9 Å². The maximum absolute atomic E-state index is 10.3. The van der Waals surface area contributed by atoms with Crippen molar-refractivity contribution in [3.63, 3.8) is 0 Å². The van der Waals surface area contributed by atoms with E-state index in [1.807, 2.05) is 0 Å². The fourth-order valence-corrected chi connectivity index (χ4v) is 3.15. The van der Waals surface area contributed by atoms with Crippen molar-refractivity contribution in [3.8, 4) is 5.88 Å². The SMILES string of the molecule is COc1cc(N2CCC3(CC2)OCC[C@H](O)[C@@H]3O)ncn1. The van der Waals surface area contributed by atoms with Crippen LogP contribution < -0.4 is 9.64 Å². The van der Waals surface area contributed by atoms with Crippen LogP contribution in [0.25, 0.3) is 0 Å². The molecule has 2 N–H and O–H groups in total. The minimum atomic E-state index is -0.812. The highest BCUT2D eigenvalue weighted by Gasteiger charge is 2.47. The van der Waals surface area contributed by atoms with Gasteiger partial charge in [0.15, 0.2) is 0 Å². The average Bonchev–Trinajstić information content (AvgIpc) is 2.53. The van der Waals surface area contributed by atoms with E-state index < -0.39 is 17.8 Å². The molecule has 2 saturated heterocycles. The Hall–Kier alpha value is -1.44. The molecular formula is C14H21N3O4. The van der Waals surface area contributed by atoms with Crippen molar-refractivity contribution in [1.82, 2.24) is 9.97 Å². The summed E-state index contributed by atoms with van der Waals surface area (Å²) in [5, 5.41) is 20.1. The van der Waals surface area contributed by atoms with Gasteiger partial charge in [0.2, 0.25) is 5.88 Å². The zero-order chi connectivity index (χ0) is 14.9. The number of hydrogen-bond acceptors (Lipinski definition) is 7. The van der Waals surface area contributed by atoms with Crippen molar-refractivity contribution in [3.05, 3.63) is 12.4 Å². The molecule has 0 saturated carbocycles. The predicted octanol–water partition coefficient (Wildman–Crippen LogP) is -0.0337. The van der Waals surface area contributed by atoms with Crippen LogP contribution in [0.15, 0.2) is 12.4 Å².